The lowest BCUT2D eigenvalue weighted by Gasteiger charge is -2.41. The second kappa shape index (κ2) is 8.29. The Balaban J connectivity index is 2.81. The first kappa shape index (κ1) is 18.6. The van der Waals surface area contributed by atoms with Crippen molar-refractivity contribution in [2.45, 2.75) is 49.0 Å². The summed E-state index contributed by atoms with van der Waals surface area (Å²) in [5.41, 5.74) is 0. The Bertz CT molecular complexity index is 291. The monoisotopic (exact) mass is 314 g/mol. The van der Waals surface area contributed by atoms with Gasteiger partial charge in [0.05, 0.1) is 19.8 Å². The molecule has 0 aliphatic carbocycles. The summed E-state index contributed by atoms with van der Waals surface area (Å²) in [5, 5.41) is 74.8. The van der Waals surface area contributed by atoms with E-state index in [0.717, 1.165) is 0 Å². The van der Waals surface area contributed by atoms with E-state index in [0.29, 0.717) is 0 Å². The molecule has 1 heterocycles. The molecule has 1 rings (SSSR count). The van der Waals surface area contributed by atoms with Gasteiger partial charge in [0.2, 0.25) is 0 Å². The molecule has 0 aromatic heterocycles. The maximum atomic E-state index is 9.75. The third-order valence-electron chi connectivity index (χ3n) is 3.27. The van der Waals surface area contributed by atoms with Crippen LogP contribution in [-0.4, -0.2) is 110 Å². The number of rotatable bonds is 7. The first-order valence-corrected chi connectivity index (χ1v) is 6.41. The van der Waals surface area contributed by atoms with Crippen molar-refractivity contribution >= 4 is 0 Å². The van der Waals surface area contributed by atoms with E-state index in [1.165, 1.54) is 0 Å². The molecule has 126 valence electrons. The third-order valence-corrected chi connectivity index (χ3v) is 3.27. The van der Waals surface area contributed by atoms with Gasteiger partial charge >= 0.3 is 0 Å². The molecule has 4 unspecified atom stereocenters. The quantitative estimate of drug-likeness (QED) is 0.226. The zero-order valence-electron chi connectivity index (χ0n) is 11.1. The van der Waals surface area contributed by atoms with Crippen molar-refractivity contribution in [1.29, 1.82) is 0 Å². The SMILES string of the molecule is OCC(O)C(O[C@@H]1OC(CO)[C@@H](O)[C@H](O)C1O)[C@H](O)CO. The average molecular weight is 314 g/mol. The second-order valence-corrected chi connectivity index (χ2v) is 4.80. The zero-order valence-corrected chi connectivity index (χ0v) is 11.1. The lowest BCUT2D eigenvalue weighted by molar-refractivity contribution is -0.325. The maximum absolute atomic E-state index is 9.75. The smallest absolute Gasteiger partial charge is 0.187 e. The highest BCUT2D eigenvalue weighted by Gasteiger charge is 2.46. The number of aliphatic hydroxyl groups is 8. The molecule has 21 heavy (non-hydrogen) atoms. The van der Waals surface area contributed by atoms with E-state index in [9.17, 15) is 25.5 Å². The minimum absolute atomic E-state index is 0.666. The van der Waals surface area contributed by atoms with E-state index in [-0.39, 0.29) is 0 Å². The predicted octanol–water partition coefficient (Wildman–Crippen LogP) is -5.12. The van der Waals surface area contributed by atoms with Gasteiger partial charge in [0.1, 0.15) is 42.7 Å². The molecule has 0 radical (unpaired) electrons. The van der Waals surface area contributed by atoms with Crippen molar-refractivity contribution in [3.63, 3.8) is 0 Å². The van der Waals surface area contributed by atoms with Crippen LogP contribution in [0.15, 0.2) is 0 Å². The van der Waals surface area contributed by atoms with Crippen LogP contribution in [0.3, 0.4) is 0 Å². The number of aliphatic hydroxyl groups excluding tert-OH is 8. The summed E-state index contributed by atoms with van der Waals surface area (Å²) in [4.78, 5) is 0. The maximum Gasteiger partial charge on any atom is 0.187 e. The van der Waals surface area contributed by atoms with Gasteiger partial charge in [0.15, 0.2) is 6.29 Å². The number of hydrogen-bond donors (Lipinski definition) is 8. The van der Waals surface area contributed by atoms with E-state index >= 15 is 0 Å². The molecule has 8 N–H and O–H groups in total. The lowest BCUT2D eigenvalue weighted by Crippen LogP contribution is -2.61. The van der Waals surface area contributed by atoms with E-state index in [1.807, 2.05) is 0 Å². The molecule has 1 aliphatic rings. The summed E-state index contributed by atoms with van der Waals surface area (Å²) in [7, 11) is 0. The van der Waals surface area contributed by atoms with Gasteiger partial charge in [-0.2, -0.15) is 0 Å². The van der Waals surface area contributed by atoms with Crippen LogP contribution in [0.5, 0.6) is 0 Å². The highest BCUT2D eigenvalue weighted by molar-refractivity contribution is 4.90. The van der Waals surface area contributed by atoms with Gasteiger partial charge in [-0.25, -0.2) is 0 Å². The van der Waals surface area contributed by atoms with Crippen LogP contribution in [0.25, 0.3) is 0 Å². The fourth-order valence-corrected chi connectivity index (χ4v) is 1.98. The summed E-state index contributed by atoms with van der Waals surface area (Å²) in [6.07, 6.45) is -12.5. The van der Waals surface area contributed by atoms with Crippen LogP contribution in [0.1, 0.15) is 0 Å². The molecule has 1 fully saturated rings. The van der Waals surface area contributed by atoms with Gasteiger partial charge in [0.25, 0.3) is 0 Å². The van der Waals surface area contributed by atoms with Crippen molar-refractivity contribution in [1.82, 2.24) is 0 Å². The Kier molecular flexibility index (Phi) is 7.36. The normalized spacial score (nSPS) is 38.0. The summed E-state index contributed by atoms with van der Waals surface area (Å²) in [6, 6.07) is 0. The van der Waals surface area contributed by atoms with Crippen LogP contribution in [0.2, 0.25) is 0 Å². The fourth-order valence-electron chi connectivity index (χ4n) is 1.98. The molecule has 10 heteroatoms. The molecule has 8 atom stereocenters. The number of hydrogen-bond acceptors (Lipinski definition) is 10. The van der Waals surface area contributed by atoms with Crippen LogP contribution >= 0.6 is 0 Å². The van der Waals surface area contributed by atoms with Crippen molar-refractivity contribution in [3.05, 3.63) is 0 Å². The minimum atomic E-state index is -1.72. The number of ether oxygens (including phenoxy) is 2. The Hall–Kier alpha value is -0.400. The molecule has 1 aliphatic heterocycles. The molecule has 1 saturated heterocycles. The molecule has 0 spiro atoms. The van der Waals surface area contributed by atoms with Gasteiger partial charge in [-0.05, 0) is 0 Å². The molecule has 0 bridgehead atoms. The Morgan fingerprint density at radius 3 is 1.81 bits per heavy atom. The molecule has 0 saturated carbocycles. The van der Waals surface area contributed by atoms with E-state index in [4.69, 9.17) is 24.8 Å². The molecular weight excluding hydrogens is 292 g/mol. The Morgan fingerprint density at radius 1 is 0.857 bits per heavy atom. The first-order chi connectivity index (χ1) is 9.87. The summed E-state index contributed by atoms with van der Waals surface area (Å²) in [6.45, 7) is -2.25. The predicted molar refractivity (Wildman–Crippen MR) is 64.8 cm³/mol. The van der Waals surface area contributed by atoms with Crippen LogP contribution < -0.4 is 0 Å². The van der Waals surface area contributed by atoms with Crippen LogP contribution in [-0.2, 0) is 9.47 Å². The average Bonchev–Trinajstić information content (AvgIpc) is 2.50. The van der Waals surface area contributed by atoms with Crippen LogP contribution in [0.4, 0.5) is 0 Å². The van der Waals surface area contributed by atoms with Gasteiger partial charge < -0.3 is 50.3 Å². The van der Waals surface area contributed by atoms with Crippen molar-refractivity contribution in [2.75, 3.05) is 19.8 Å². The molecule has 10 nitrogen and oxygen atoms in total. The first-order valence-electron chi connectivity index (χ1n) is 6.41. The highest BCUT2D eigenvalue weighted by atomic mass is 16.7. The highest BCUT2D eigenvalue weighted by Crippen LogP contribution is 2.24. The summed E-state index contributed by atoms with van der Waals surface area (Å²) in [5.74, 6) is 0. The minimum Gasteiger partial charge on any atom is -0.394 e. The van der Waals surface area contributed by atoms with E-state index in [1.54, 1.807) is 0 Å². The second-order valence-electron chi connectivity index (χ2n) is 4.80. The standard InChI is InChI=1S/C11H22O10/c12-1-4(15)10(5(16)2-13)21-11-9(19)8(18)7(17)6(3-14)20-11/h4-19H,1-3H2/t4-,5?,6?,7-,8+,9?,10?,11+/m1/s1. The van der Waals surface area contributed by atoms with Gasteiger partial charge in [-0.3, -0.25) is 0 Å². The summed E-state index contributed by atoms with van der Waals surface area (Å²) < 4.78 is 10.1. The Labute approximate surface area is 120 Å². The van der Waals surface area contributed by atoms with Gasteiger partial charge in [-0.15, -0.1) is 0 Å². The third kappa shape index (κ3) is 4.29. The molecular formula is C11H22O10. The summed E-state index contributed by atoms with van der Waals surface area (Å²) >= 11 is 0. The van der Waals surface area contributed by atoms with Crippen molar-refractivity contribution in [3.8, 4) is 0 Å². The zero-order chi connectivity index (χ0) is 16.2. The van der Waals surface area contributed by atoms with E-state index in [2.05, 4.69) is 0 Å². The topological polar surface area (TPSA) is 180 Å². The van der Waals surface area contributed by atoms with E-state index < -0.39 is 68.8 Å². The van der Waals surface area contributed by atoms with Gasteiger partial charge in [0, 0.05) is 0 Å². The fraction of sp³-hybridized carbons (Fsp3) is 1.00. The lowest BCUT2D eigenvalue weighted by atomic mass is 9.99. The molecule has 0 amide bonds. The van der Waals surface area contributed by atoms with Gasteiger partial charge in [-0.1, -0.05) is 0 Å². The largest absolute Gasteiger partial charge is 0.394 e. The Morgan fingerprint density at radius 2 is 1.38 bits per heavy atom. The molecule has 0 aromatic carbocycles. The molecule has 0 aromatic rings. The van der Waals surface area contributed by atoms with Crippen molar-refractivity contribution < 1.29 is 50.3 Å². The van der Waals surface area contributed by atoms with Crippen LogP contribution in [0, 0.1) is 0 Å². The van der Waals surface area contributed by atoms with Crippen molar-refractivity contribution in [2.24, 2.45) is 0 Å².